The number of hydrogen-bond acceptors (Lipinski definition) is 5. The topological polar surface area (TPSA) is 105 Å². The molecule has 0 unspecified atom stereocenters. The Morgan fingerprint density at radius 2 is 1.60 bits per heavy atom. The third-order valence-corrected chi connectivity index (χ3v) is 3.44. The van der Waals surface area contributed by atoms with Gasteiger partial charge in [-0.05, 0) is 18.1 Å². The lowest BCUT2D eigenvalue weighted by atomic mass is 10.1. The highest BCUT2D eigenvalue weighted by atomic mass is 16.5. The van der Waals surface area contributed by atoms with Crippen LogP contribution in [0.5, 0.6) is 0 Å². The van der Waals surface area contributed by atoms with Crippen LogP contribution in [0.2, 0.25) is 0 Å². The molecule has 0 aromatic heterocycles. The number of rotatable bonds is 7. The summed E-state index contributed by atoms with van der Waals surface area (Å²) >= 11 is 0. The molecule has 0 spiro atoms. The smallest absolute Gasteiger partial charge is 0.407 e. The number of alkyl carbamates (subject to hydrolysis) is 1. The van der Waals surface area contributed by atoms with Crippen LogP contribution in [0.15, 0.2) is 24.3 Å². The van der Waals surface area contributed by atoms with Crippen LogP contribution in [0.1, 0.15) is 34.6 Å². The van der Waals surface area contributed by atoms with Gasteiger partial charge in [0.15, 0.2) is 0 Å². The van der Waals surface area contributed by atoms with E-state index in [1.807, 2.05) is 13.8 Å². The Hall–Kier alpha value is -2.90. The zero-order chi connectivity index (χ0) is 18.4. The Labute approximate surface area is 145 Å². The first-order chi connectivity index (χ1) is 11.9. The van der Waals surface area contributed by atoms with Crippen LogP contribution >= 0.6 is 0 Å². The Balaban J connectivity index is 1.72. The van der Waals surface area contributed by atoms with Crippen molar-refractivity contribution in [3.8, 4) is 0 Å². The predicted octanol–water partition coefficient (Wildman–Crippen LogP) is 0.781. The van der Waals surface area contributed by atoms with E-state index in [4.69, 9.17) is 4.74 Å². The number of nitrogens with zero attached hydrogens (tertiary/aromatic N) is 1. The maximum Gasteiger partial charge on any atom is 0.407 e. The minimum absolute atomic E-state index is 0.165. The molecule has 0 saturated heterocycles. The van der Waals surface area contributed by atoms with Crippen molar-refractivity contribution < 1.29 is 23.9 Å². The molecule has 1 heterocycles. The van der Waals surface area contributed by atoms with Crippen molar-refractivity contribution in [1.82, 2.24) is 15.5 Å². The summed E-state index contributed by atoms with van der Waals surface area (Å²) in [4.78, 5) is 48.4. The molecule has 2 rings (SSSR count). The van der Waals surface area contributed by atoms with Crippen molar-refractivity contribution in [2.75, 3.05) is 26.2 Å². The van der Waals surface area contributed by atoms with E-state index < -0.39 is 23.8 Å². The first kappa shape index (κ1) is 18.4. The summed E-state index contributed by atoms with van der Waals surface area (Å²) < 4.78 is 4.92. The second-order valence-electron chi connectivity index (χ2n) is 6.01. The van der Waals surface area contributed by atoms with Gasteiger partial charge in [-0.3, -0.25) is 19.3 Å². The van der Waals surface area contributed by atoms with E-state index in [0.717, 1.165) is 4.90 Å². The SMILES string of the molecule is CC(C)COC(=O)NCCNC(=O)CN1C(=O)c2ccccc2C1=O. The van der Waals surface area contributed by atoms with Crippen molar-refractivity contribution in [3.63, 3.8) is 0 Å². The Morgan fingerprint density at radius 3 is 2.16 bits per heavy atom. The molecule has 0 aliphatic carbocycles. The van der Waals surface area contributed by atoms with E-state index in [1.54, 1.807) is 24.3 Å². The maximum absolute atomic E-state index is 12.1. The van der Waals surface area contributed by atoms with Crippen molar-refractivity contribution in [2.45, 2.75) is 13.8 Å². The van der Waals surface area contributed by atoms with E-state index in [9.17, 15) is 19.2 Å². The minimum atomic E-state index is -0.553. The molecule has 8 nitrogen and oxygen atoms in total. The molecule has 4 amide bonds. The van der Waals surface area contributed by atoms with Crippen LogP contribution in [0.25, 0.3) is 0 Å². The fourth-order valence-corrected chi connectivity index (χ4v) is 2.24. The number of fused-ring (bicyclic) bond motifs is 1. The van der Waals surface area contributed by atoms with Gasteiger partial charge >= 0.3 is 6.09 Å². The number of nitrogens with one attached hydrogen (secondary N) is 2. The lowest BCUT2D eigenvalue weighted by Gasteiger charge is -2.14. The van der Waals surface area contributed by atoms with Gasteiger partial charge < -0.3 is 15.4 Å². The number of imide groups is 1. The maximum atomic E-state index is 12.1. The lowest BCUT2D eigenvalue weighted by molar-refractivity contribution is -0.121. The molecule has 0 saturated carbocycles. The molecular formula is C17H21N3O5. The van der Waals surface area contributed by atoms with Crippen LogP contribution < -0.4 is 10.6 Å². The number of hydrogen-bond donors (Lipinski definition) is 2. The monoisotopic (exact) mass is 347 g/mol. The van der Waals surface area contributed by atoms with Crippen LogP contribution in [0.3, 0.4) is 0 Å². The van der Waals surface area contributed by atoms with Gasteiger partial charge in [-0.1, -0.05) is 26.0 Å². The molecule has 0 fully saturated rings. The molecule has 134 valence electrons. The first-order valence-electron chi connectivity index (χ1n) is 8.02. The normalized spacial score (nSPS) is 13.0. The van der Waals surface area contributed by atoms with Gasteiger partial charge in [0.05, 0.1) is 17.7 Å². The number of carbonyl (C=O) groups excluding carboxylic acids is 4. The van der Waals surface area contributed by atoms with Crippen molar-refractivity contribution in [3.05, 3.63) is 35.4 Å². The molecule has 8 heteroatoms. The molecule has 2 N–H and O–H groups in total. The van der Waals surface area contributed by atoms with E-state index in [-0.39, 0.29) is 25.6 Å². The fourth-order valence-electron chi connectivity index (χ4n) is 2.24. The van der Waals surface area contributed by atoms with Crippen molar-refractivity contribution in [2.24, 2.45) is 5.92 Å². The minimum Gasteiger partial charge on any atom is -0.449 e. The third kappa shape index (κ3) is 4.79. The highest BCUT2D eigenvalue weighted by Crippen LogP contribution is 2.21. The summed E-state index contributed by atoms with van der Waals surface area (Å²) in [5.41, 5.74) is 0.602. The molecule has 25 heavy (non-hydrogen) atoms. The molecule has 1 aliphatic rings. The molecule has 1 aromatic carbocycles. The molecule has 1 aromatic rings. The van der Waals surface area contributed by atoms with Gasteiger partial charge in [-0.2, -0.15) is 0 Å². The Morgan fingerprint density at radius 1 is 1.04 bits per heavy atom. The average Bonchev–Trinajstić information content (AvgIpc) is 2.82. The van der Waals surface area contributed by atoms with E-state index in [0.29, 0.717) is 17.7 Å². The molecular weight excluding hydrogens is 326 g/mol. The van der Waals surface area contributed by atoms with Crippen molar-refractivity contribution in [1.29, 1.82) is 0 Å². The van der Waals surface area contributed by atoms with E-state index in [2.05, 4.69) is 10.6 Å². The van der Waals surface area contributed by atoms with Crippen LogP contribution in [0, 0.1) is 5.92 Å². The lowest BCUT2D eigenvalue weighted by Crippen LogP contribution is -2.42. The average molecular weight is 347 g/mol. The molecule has 0 atom stereocenters. The molecule has 1 aliphatic heterocycles. The van der Waals surface area contributed by atoms with Crippen molar-refractivity contribution >= 4 is 23.8 Å². The highest BCUT2D eigenvalue weighted by molar-refractivity contribution is 6.22. The zero-order valence-electron chi connectivity index (χ0n) is 14.2. The quantitative estimate of drug-likeness (QED) is 0.560. The third-order valence-electron chi connectivity index (χ3n) is 3.44. The summed E-state index contributed by atoms with van der Waals surface area (Å²) in [6.07, 6.45) is -0.553. The predicted molar refractivity (Wildman–Crippen MR) is 89.0 cm³/mol. The standard InChI is InChI=1S/C17H21N3O5/c1-11(2)10-25-17(24)19-8-7-18-14(21)9-20-15(22)12-5-3-4-6-13(12)16(20)23/h3-6,11H,7-10H2,1-2H3,(H,18,21)(H,19,24). The summed E-state index contributed by atoms with van der Waals surface area (Å²) in [5, 5.41) is 5.04. The molecule has 0 bridgehead atoms. The second-order valence-corrected chi connectivity index (χ2v) is 6.01. The van der Waals surface area contributed by atoms with E-state index >= 15 is 0 Å². The van der Waals surface area contributed by atoms with Gasteiger partial charge in [0, 0.05) is 13.1 Å². The summed E-state index contributed by atoms with van der Waals surface area (Å²) in [7, 11) is 0. The van der Waals surface area contributed by atoms with Gasteiger partial charge in [0.1, 0.15) is 6.54 Å². The largest absolute Gasteiger partial charge is 0.449 e. The zero-order valence-corrected chi connectivity index (χ0v) is 14.2. The highest BCUT2D eigenvalue weighted by Gasteiger charge is 2.36. The summed E-state index contributed by atoms with van der Waals surface area (Å²) in [6, 6.07) is 6.44. The van der Waals surface area contributed by atoms with Gasteiger partial charge in [-0.15, -0.1) is 0 Å². The summed E-state index contributed by atoms with van der Waals surface area (Å²) in [5.74, 6) is -1.20. The second kappa shape index (κ2) is 8.27. The van der Waals surface area contributed by atoms with Gasteiger partial charge in [0.25, 0.3) is 11.8 Å². The number of ether oxygens (including phenoxy) is 1. The van der Waals surface area contributed by atoms with E-state index in [1.165, 1.54) is 0 Å². The Bertz CT molecular complexity index is 652. The van der Waals surface area contributed by atoms with Crippen LogP contribution in [-0.2, 0) is 9.53 Å². The fraction of sp³-hybridized carbons (Fsp3) is 0.412. The summed E-state index contributed by atoms with van der Waals surface area (Å²) in [6.45, 7) is 4.16. The van der Waals surface area contributed by atoms with Crippen LogP contribution in [0.4, 0.5) is 4.79 Å². The number of amides is 4. The Kier molecular flexibility index (Phi) is 6.10. The van der Waals surface area contributed by atoms with Gasteiger partial charge in [0.2, 0.25) is 5.91 Å². The number of benzene rings is 1. The van der Waals surface area contributed by atoms with Gasteiger partial charge in [-0.25, -0.2) is 4.79 Å². The van der Waals surface area contributed by atoms with Crippen LogP contribution in [-0.4, -0.2) is 55.0 Å². The number of carbonyl (C=O) groups is 4. The first-order valence-corrected chi connectivity index (χ1v) is 8.02. The molecule has 0 radical (unpaired) electrons.